The monoisotopic (exact) mass is 269 g/mol. The Morgan fingerprint density at radius 3 is 2.61 bits per heavy atom. The number of hydrogen-bond acceptors (Lipinski definition) is 2. The second kappa shape index (κ2) is 5.59. The molecule has 0 spiro atoms. The van der Waals surface area contributed by atoms with Crippen LogP contribution in [0.25, 0.3) is 0 Å². The number of halogens is 1. The first-order chi connectivity index (χ1) is 8.56. The van der Waals surface area contributed by atoms with E-state index in [1.165, 1.54) is 4.90 Å². The molecule has 4 nitrogen and oxygen atoms in total. The molecule has 0 radical (unpaired) electrons. The summed E-state index contributed by atoms with van der Waals surface area (Å²) < 4.78 is 0. The van der Waals surface area contributed by atoms with Crippen LogP contribution in [0.4, 0.5) is 4.79 Å². The van der Waals surface area contributed by atoms with E-state index in [1.54, 1.807) is 12.1 Å². The number of piperidine rings is 1. The molecule has 0 saturated carbocycles. The molecule has 1 saturated heterocycles. The zero-order valence-corrected chi connectivity index (χ0v) is 10.7. The van der Waals surface area contributed by atoms with Gasteiger partial charge in [-0.1, -0.05) is 23.7 Å². The number of hydrogen-bond donors (Lipinski definition) is 2. The van der Waals surface area contributed by atoms with Crippen molar-refractivity contribution in [2.45, 2.75) is 31.4 Å². The van der Waals surface area contributed by atoms with Crippen molar-refractivity contribution in [3.8, 4) is 0 Å². The first-order valence-electron chi connectivity index (χ1n) is 5.98. The van der Waals surface area contributed by atoms with Crippen molar-refractivity contribution in [3.05, 3.63) is 34.9 Å². The lowest BCUT2D eigenvalue weighted by molar-refractivity contribution is 0.0372. The van der Waals surface area contributed by atoms with Crippen molar-refractivity contribution in [2.75, 3.05) is 6.54 Å². The maximum absolute atomic E-state index is 11.1. The number of carboxylic acid groups (broad SMARTS) is 1. The van der Waals surface area contributed by atoms with Gasteiger partial charge in [0.15, 0.2) is 0 Å². The topological polar surface area (TPSA) is 60.8 Å². The fourth-order valence-corrected chi connectivity index (χ4v) is 2.47. The van der Waals surface area contributed by atoms with Gasteiger partial charge in [0, 0.05) is 11.1 Å². The standard InChI is InChI=1S/C13H16ClNO3/c14-10-3-1-9(2-4-10)7-11-5-6-12(16)8-15(11)13(17)18/h1-4,11-12,16H,5-8H2,(H,17,18)/t11-,12+/m1/s1. The average Bonchev–Trinajstić information content (AvgIpc) is 2.34. The lowest BCUT2D eigenvalue weighted by atomic mass is 9.95. The van der Waals surface area contributed by atoms with Crippen molar-refractivity contribution < 1.29 is 15.0 Å². The Labute approximate surface area is 111 Å². The zero-order valence-electron chi connectivity index (χ0n) is 9.92. The molecule has 2 atom stereocenters. The zero-order chi connectivity index (χ0) is 13.1. The van der Waals surface area contributed by atoms with Crippen LogP contribution in [-0.2, 0) is 6.42 Å². The van der Waals surface area contributed by atoms with Gasteiger partial charge in [-0.3, -0.25) is 0 Å². The van der Waals surface area contributed by atoms with Crippen LogP contribution in [0.15, 0.2) is 24.3 Å². The number of rotatable bonds is 2. The summed E-state index contributed by atoms with van der Waals surface area (Å²) in [5, 5.41) is 19.3. The maximum Gasteiger partial charge on any atom is 0.407 e. The third kappa shape index (κ3) is 3.15. The van der Waals surface area contributed by atoms with E-state index in [2.05, 4.69) is 0 Å². The highest BCUT2D eigenvalue weighted by atomic mass is 35.5. The van der Waals surface area contributed by atoms with E-state index in [9.17, 15) is 9.90 Å². The Bertz CT molecular complexity index is 421. The van der Waals surface area contributed by atoms with E-state index in [1.807, 2.05) is 12.1 Å². The van der Waals surface area contributed by atoms with Crippen LogP contribution in [0.3, 0.4) is 0 Å². The Kier molecular flexibility index (Phi) is 4.09. The summed E-state index contributed by atoms with van der Waals surface area (Å²) in [6.07, 6.45) is 0.504. The fourth-order valence-electron chi connectivity index (χ4n) is 2.35. The Hall–Kier alpha value is -1.26. The van der Waals surface area contributed by atoms with Gasteiger partial charge in [-0.2, -0.15) is 0 Å². The van der Waals surface area contributed by atoms with Crippen LogP contribution in [0.1, 0.15) is 18.4 Å². The van der Waals surface area contributed by atoms with Gasteiger partial charge in [-0.25, -0.2) is 4.79 Å². The smallest absolute Gasteiger partial charge is 0.407 e. The molecule has 1 aliphatic rings. The molecule has 0 unspecified atom stereocenters. The van der Waals surface area contributed by atoms with E-state index < -0.39 is 12.2 Å². The van der Waals surface area contributed by atoms with Gasteiger partial charge >= 0.3 is 6.09 Å². The fraction of sp³-hybridized carbons (Fsp3) is 0.462. The van der Waals surface area contributed by atoms with Gasteiger partial charge in [0.05, 0.1) is 12.6 Å². The lowest BCUT2D eigenvalue weighted by Crippen LogP contribution is -2.49. The number of carbonyl (C=O) groups is 1. The molecule has 1 heterocycles. The second-order valence-corrected chi connectivity index (χ2v) is 5.09. The van der Waals surface area contributed by atoms with Crippen molar-refractivity contribution >= 4 is 17.7 Å². The highest BCUT2D eigenvalue weighted by Gasteiger charge is 2.30. The predicted octanol–water partition coefficient (Wildman–Crippen LogP) is 2.39. The Balaban J connectivity index is 2.06. The first kappa shape index (κ1) is 13.2. The van der Waals surface area contributed by atoms with Crippen molar-refractivity contribution in [1.82, 2.24) is 4.90 Å². The normalized spacial score (nSPS) is 24.0. The van der Waals surface area contributed by atoms with Gasteiger partial charge in [0.2, 0.25) is 0 Å². The van der Waals surface area contributed by atoms with Crippen LogP contribution < -0.4 is 0 Å². The molecule has 0 bridgehead atoms. The van der Waals surface area contributed by atoms with Crippen LogP contribution in [0, 0.1) is 0 Å². The van der Waals surface area contributed by atoms with E-state index in [4.69, 9.17) is 16.7 Å². The molecule has 1 aromatic rings. The number of β-amino-alcohol motifs (C(OH)–C–C–N with tert-alkyl or cyclic N) is 1. The summed E-state index contributed by atoms with van der Waals surface area (Å²) in [5.41, 5.74) is 1.06. The Morgan fingerprint density at radius 2 is 2.00 bits per heavy atom. The average molecular weight is 270 g/mol. The van der Waals surface area contributed by atoms with E-state index >= 15 is 0 Å². The third-order valence-corrected chi connectivity index (χ3v) is 3.56. The number of likely N-dealkylation sites (tertiary alicyclic amines) is 1. The highest BCUT2D eigenvalue weighted by molar-refractivity contribution is 6.30. The summed E-state index contributed by atoms with van der Waals surface area (Å²) in [5.74, 6) is 0. The molecule has 1 aliphatic heterocycles. The summed E-state index contributed by atoms with van der Waals surface area (Å²) >= 11 is 5.82. The number of amides is 1. The SMILES string of the molecule is O=C(O)N1C[C@@H](O)CC[C@@H]1Cc1ccc(Cl)cc1. The number of nitrogens with zero attached hydrogens (tertiary/aromatic N) is 1. The maximum atomic E-state index is 11.1. The third-order valence-electron chi connectivity index (χ3n) is 3.31. The summed E-state index contributed by atoms with van der Waals surface area (Å²) in [7, 11) is 0. The van der Waals surface area contributed by atoms with Crippen molar-refractivity contribution in [3.63, 3.8) is 0 Å². The molecule has 2 N–H and O–H groups in total. The quantitative estimate of drug-likeness (QED) is 0.867. The number of aliphatic hydroxyl groups is 1. The molecule has 5 heteroatoms. The molecule has 18 heavy (non-hydrogen) atoms. The molecule has 1 amide bonds. The van der Waals surface area contributed by atoms with Gasteiger partial charge in [0.1, 0.15) is 0 Å². The van der Waals surface area contributed by atoms with Crippen LogP contribution >= 0.6 is 11.6 Å². The van der Waals surface area contributed by atoms with Crippen LogP contribution in [-0.4, -0.2) is 39.9 Å². The molecule has 1 fully saturated rings. The van der Waals surface area contributed by atoms with Crippen molar-refractivity contribution in [2.24, 2.45) is 0 Å². The van der Waals surface area contributed by atoms with E-state index in [0.29, 0.717) is 24.3 Å². The van der Waals surface area contributed by atoms with E-state index in [-0.39, 0.29) is 12.6 Å². The van der Waals surface area contributed by atoms with Crippen molar-refractivity contribution in [1.29, 1.82) is 0 Å². The summed E-state index contributed by atoms with van der Waals surface area (Å²) in [6, 6.07) is 7.37. The number of benzene rings is 1. The van der Waals surface area contributed by atoms with Crippen LogP contribution in [0.2, 0.25) is 5.02 Å². The largest absolute Gasteiger partial charge is 0.465 e. The molecule has 2 rings (SSSR count). The molecule has 0 aromatic heterocycles. The minimum atomic E-state index is -0.965. The summed E-state index contributed by atoms with van der Waals surface area (Å²) in [4.78, 5) is 12.5. The molecular formula is C13H16ClNO3. The lowest BCUT2D eigenvalue weighted by Gasteiger charge is -2.36. The minimum absolute atomic E-state index is 0.0629. The number of aliphatic hydroxyl groups excluding tert-OH is 1. The molecule has 1 aromatic carbocycles. The summed E-state index contributed by atoms with van der Waals surface area (Å²) in [6.45, 7) is 0.202. The Morgan fingerprint density at radius 1 is 1.33 bits per heavy atom. The molecule has 98 valence electrons. The van der Waals surface area contributed by atoms with Gasteiger partial charge in [0.25, 0.3) is 0 Å². The van der Waals surface area contributed by atoms with Gasteiger partial charge < -0.3 is 15.1 Å². The van der Waals surface area contributed by atoms with Crippen LogP contribution in [0.5, 0.6) is 0 Å². The van der Waals surface area contributed by atoms with Gasteiger partial charge in [-0.15, -0.1) is 0 Å². The molecule has 0 aliphatic carbocycles. The van der Waals surface area contributed by atoms with Gasteiger partial charge in [-0.05, 0) is 37.0 Å². The predicted molar refractivity (Wildman–Crippen MR) is 68.9 cm³/mol. The second-order valence-electron chi connectivity index (χ2n) is 4.65. The minimum Gasteiger partial charge on any atom is -0.465 e. The highest BCUT2D eigenvalue weighted by Crippen LogP contribution is 2.22. The van der Waals surface area contributed by atoms with E-state index in [0.717, 1.165) is 5.56 Å². The molecular weight excluding hydrogens is 254 g/mol. The first-order valence-corrected chi connectivity index (χ1v) is 6.36.